The summed E-state index contributed by atoms with van der Waals surface area (Å²) in [5.74, 6) is 0.0947. The summed E-state index contributed by atoms with van der Waals surface area (Å²) in [4.78, 5) is 38.8. The number of hydrogen-bond donors (Lipinski definition) is 1. The number of nitrogens with one attached hydrogen (secondary N) is 1. The van der Waals surface area contributed by atoms with Crippen molar-refractivity contribution >= 4 is 17.7 Å². The van der Waals surface area contributed by atoms with Gasteiger partial charge in [0.25, 0.3) is 5.91 Å². The molecule has 6 heteroatoms. The lowest BCUT2D eigenvalue weighted by molar-refractivity contribution is -0.131. The van der Waals surface area contributed by atoms with Gasteiger partial charge in [0.05, 0.1) is 13.7 Å². The second-order valence-corrected chi connectivity index (χ2v) is 7.48. The molecule has 0 saturated carbocycles. The van der Waals surface area contributed by atoms with E-state index in [4.69, 9.17) is 4.74 Å². The van der Waals surface area contributed by atoms with Crippen LogP contribution in [0, 0.1) is 0 Å². The molecule has 1 N–H and O–H groups in total. The number of benzene rings is 2. The quantitative estimate of drug-likeness (QED) is 0.572. The first-order valence-corrected chi connectivity index (χ1v) is 9.71. The highest BCUT2D eigenvalue weighted by Gasteiger charge is 2.49. The molecule has 29 heavy (non-hydrogen) atoms. The predicted octanol–water partition coefficient (Wildman–Crippen LogP) is 3.82. The van der Waals surface area contributed by atoms with Crippen LogP contribution in [0.5, 0.6) is 5.75 Å². The average Bonchev–Trinajstić information content (AvgIpc) is 2.92. The van der Waals surface area contributed by atoms with E-state index in [2.05, 4.69) is 12.2 Å². The number of nitrogens with zero attached hydrogens (tertiary/aromatic N) is 1. The largest absolute Gasteiger partial charge is 0.496 e. The van der Waals surface area contributed by atoms with Gasteiger partial charge in [-0.2, -0.15) is 0 Å². The van der Waals surface area contributed by atoms with Crippen molar-refractivity contribution in [2.75, 3.05) is 7.11 Å². The average molecular weight is 394 g/mol. The van der Waals surface area contributed by atoms with E-state index in [0.29, 0.717) is 16.9 Å². The number of ether oxygens (including phenoxy) is 1. The summed E-state index contributed by atoms with van der Waals surface area (Å²) in [6, 6.07) is 12.3. The fourth-order valence-electron chi connectivity index (χ4n) is 3.62. The van der Waals surface area contributed by atoms with Gasteiger partial charge < -0.3 is 10.1 Å². The number of Topliss-reactive ketones (excluding diaryl/α,β-unsaturated/α-hetero) is 1. The third kappa shape index (κ3) is 3.88. The molecule has 0 aliphatic carbocycles. The zero-order valence-corrected chi connectivity index (χ0v) is 17.2. The third-order valence-electron chi connectivity index (χ3n) is 5.36. The van der Waals surface area contributed by atoms with Gasteiger partial charge in [-0.05, 0) is 49.6 Å². The first-order valence-electron chi connectivity index (χ1n) is 9.71. The Balaban J connectivity index is 1.89. The zero-order valence-electron chi connectivity index (χ0n) is 17.2. The topological polar surface area (TPSA) is 75.7 Å². The molecule has 6 nitrogen and oxygen atoms in total. The minimum absolute atomic E-state index is 0.0263. The monoisotopic (exact) mass is 394 g/mol. The van der Waals surface area contributed by atoms with Crippen molar-refractivity contribution in [1.82, 2.24) is 10.2 Å². The van der Waals surface area contributed by atoms with E-state index in [9.17, 15) is 14.4 Å². The van der Waals surface area contributed by atoms with Gasteiger partial charge in [0, 0.05) is 11.1 Å². The van der Waals surface area contributed by atoms with E-state index < -0.39 is 11.6 Å². The first kappa shape index (κ1) is 20.6. The van der Waals surface area contributed by atoms with Gasteiger partial charge in [0.2, 0.25) is 0 Å². The molecule has 1 aliphatic heterocycles. The lowest BCUT2D eigenvalue weighted by Gasteiger charge is -2.23. The van der Waals surface area contributed by atoms with Crippen LogP contribution < -0.4 is 10.1 Å². The van der Waals surface area contributed by atoms with Gasteiger partial charge in [-0.3, -0.25) is 14.5 Å². The van der Waals surface area contributed by atoms with Crippen LogP contribution >= 0.6 is 0 Å². The molecular weight excluding hydrogens is 368 g/mol. The van der Waals surface area contributed by atoms with E-state index in [1.165, 1.54) is 24.5 Å². The van der Waals surface area contributed by atoms with Crippen LogP contribution in [0.3, 0.4) is 0 Å². The Morgan fingerprint density at radius 1 is 1.14 bits per heavy atom. The second kappa shape index (κ2) is 8.07. The minimum atomic E-state index is -1.13. The summed E-state index contributed by atoms with van der Waals surface area (Å²) < 4.78 is 5.35. The summed E-state index contributed by atoms with van der Waals surface area (Å²) in [7, 11) is 1.51. The molecule has 3 amide bonds. The van der Waals surface area contributed by atoms with E-state index in [1.54, 1.807) is 25.1 Å². The number of amides is 3. The standard InChI is InChI=1S/C23H26N2O4/c1-5-6-16-7-10-19(11-8-16)23(3)21(27)25(22(28)24-23)14-18-13-17(15(2)26)9-12-20(18)29-4/h7-13H,5-6,14H2,1-4H3,(H,24,28)/t23-/m1/s1. The molecule has 0 radical (unpaired) electrons. The number of imide groups is 1. The molecule has 1 atom stereocenters. The molecule has 0 unspecified atom stereocenters. The number of rotatable bonds is 7. The maximum Gasteiger partial charge on any atom is 0.325 e. The fourth-order valence-corrected chi connectivity index (χ4v) is 3.62. The van der Waals surface area contributed by atoms with Crippen LogP contribution in [0.25, 0.3) is 0 Å². The third-order valence-corrected chi connectivity index (χ3v) is 5.36. The molecule has 2 aromatic rings. The molecule has 152 valence electrons. The maximum atomic E-state index is 13.2. The highest BCUT2D eigenvalue weighted by atomic mass is 16.5. The summed E-state index contributed by atoms with van der Waals surface area (Å²) in [5, 5.41) is 2.82. The van der Waals surface area contributed by atoms with Crippen molar-refractivity contribution in [2.24, 2.45) is 0 Å². The normalized spacial score (nSPS) is 18.7. The molecule has 2 aromatic carbocycles. The van der Waals surface area contributed by atoms with Crippen LogP contribution in [-0.4, -0.2) is 29.7 Å². The van der Waals surface area contributed by atoms with Crippen molar-refractivity contribution in [2.45, 2.75) is 45.7 Å². The molecule has 0 spiro atoms. The van der Waals surface area contributed by atoms with Crippen LogP contribution in [0.1, 0.15) is 54.2 Å². The predicted molar refractivity (Wildman–Crippen MR) is 110 cm³/mol. The molecule has 1 saturated heterocycles. The first-order chi connectivity index (χ1) is 13.8. The van der Waals surface area contributed by atoms with E-state index in [1.807, 2.05) is 24.3 Å². The van der Waals surface area contributed by atoms with E-state index >= 15 is 0 Å². The Hall–Kier alpha value is -3.15. The van der Waals surface area contributed by atoms with Gasteiger partial charge in [-0.15, -0.1) is 0 Å². The minimum Gasteiger partial charge on any atom is -0.496 e. The van der Waals surface area contributed by atoms with Crippen molar-refractivity contribution in [3.63, 3.8) is 0 Å². The van der Waals surface area contributed by atoms with Crippen molar-refractivity contribution in [3.8, 4) is 5.75 Å². The van der Waals surface area contributed by atoms with E-state index in [-0.39, 0.29) is 18.2 Å². The highest BCUT2D eigenvalue weighted by Crippen LogP contribution is 2.31. The lowest BCUT2D eigenvalue weighted by Crippen LogP contribution is -2.40. The Labute approximate surface area is 170 Å². The Morgan fingerprint density at radius 2 is 1.83 bits per heavy atom. The maximum absolute atomic E-state index is 13.2. The van der Waals surface area contributed by atoms with Gasteiger partial charge in [0.1, 0.15) is 11.3 Å². The van der Waals surface area contributed by atoms with Crippen LogP contribution in [0.4, 0.5) is 4.79 Å². The fraction of sp³-hybridized carbons (Fsp3) is 0.348. The van der Waals surface area contributed by atoms with Gasteiger partial charge in [0.15, 0.2) is 5.78 Å². The lowest BCUT2D eigenvalue weighted by atomic mass is 9.91. The number of methoxy groups -OCH3 is 1. The van der Waals surface area contributed by atoms with Crippen molar-refractivity contribution < 1.29 is 19.1 Å². The summed E-state index contributed by atoms with van der Waals surface area (Å²) >= 11 is 0. The summed E-state index contributed by atoms with van der Waals surface area (Å²) in [6.45, 7) is 5.32. The molecule has 3 rings (SSSR count). The Bertz CT molecular complexity index is 952. The SMILES string of the molecule is CCCc1ccc([C@@]2(C)NC(=O)N(Cc3cc(C(C)=O)ccc3OC)C2=O)cc1. The molecule has 0 aromatic heterocycles. The molecular formula is C23H26N2O4. The number of hydrogen-bond acceptors (Lipinski definition) is 4. The van der Waals surface area contributed by atoms with Crippen molar-refractivity contribution in [1.29, 1.82) is 0 Å². The second-order valence-electron chi connectivity index (χ2n) is 7.48. The number of carbonyl (C=O) groups excluding carboxylic acids is 3. The smallest absolute Gasteiger partial charge is 0.325 e. The molecule has 0 bridgehead atoms. The highest BCUT2D eigenvalue weighted by molar-refractivity contribution is 6.07. The van der Waals surface area contributed by atoms with Gasteiger partial charge in [-0.1, -0.05) is 37.6 Å². The van der Waals surface area contributed by atoms with Crippen LogP contribution in [0.2, 0.25) is 0 Å². The van der Waals surface area contributed by atoms with Crippen LogP contribution in [0.15, 0.2) is 42.5 Å². The summed E-state index contributed by atoms with van der Waals surface area (Å²) in [6.07, 6.45) is 2.01. The zero-order chi connectivity index (χ0) is 21.2. The number of aryl methyl sites for hydroxylation is 1. The molecule has 1 heterocycles. The summed E-state index contributed by atoms with van der Waals surface area (Å²) in [5.41, 5.74) is 1.91. The van der Waals surface area contributed by atoms with Gasteiger partial charge >= 0.3 is 6.03 Å². The number of ketones is 1. The van der Waals surface area contributed by atoms with Gasteiger partial charge in [-0.25, -0.2) is 4.79 Å². The van der Waals surface area contributed by atoms with Crippen molar-refractivity contribution in [3.05, 3.63) is 64.7 Å². The van der Waals surface area contributed by atoms with E-state index in [0.717, 1.165) is 18.4 Å². The Kier molecular flexibility index (Phi) is 5.73. The Morgan fingerprint density at radius 3 is 2.41 bits per heavy atom. The number of carbonyl (C=O) groups is 3. The molecule has 1 aliphatic rings. The van der Waals surface area contributed by atoms with Crippen LogP contribution in [-0.2, 0) is 23.3 Å². The number of urea groups is 1. The molecule has 1 fully saturated rings.